The first-order chi connectivity index (χ1) is 28.6. The van der Waals surface area contributed by atoms with Crippen LogP contribution in [0, 0.1) is 40.9 Å². The minimum atomic E-state index is -3.21. The highest BCUT2D eigenvalue weighted by molar-refractivity contribution is 7.92. The van der Waals surface area contributed by atoms with Crippen molar-refractivity contribution in [2.45, 2.75) is 205 Å². The first-order valence-electron chi connectivity index (χ1n) is 23.9. The van der Waals surface area contributed by atoms with Gasteiger partial charge in [-0.25, -0.2) is 8.42 Å². The number of nitrogens with zero attached hydrogens (tertiary/aromatic N) is 1. The van der Waals surface area contributed by atoms with E-state index in [0.717, 1.165) is 83.5 Å². The zero-order chi connectivity index (χ0) is 43.4. The number of allylic oxidation sites excluding steroid dienone is 1. The second-order valence-electron chi connectivity index (χ2n) is 20.4. The second kappa shape index (κ2) is 20.2. The molecule has 4 amide bonds. The number of sulfone groups is 1. The molecule has 10 nitrogen and oxygen atoms in total. The predicted octanol–water partition coefficient (Wildman–Crippen LogP) is 9.33. The third kappa shape index (κ3) is 10.5. The average Bonchev–Trinajstić information content (AvgIpc) is 3.69. The van der Waals surface area contributed by atoms with E-state index in [1.807, 2.05) is 0 Å². The van der Waals surface area contributed by atoms with Crippen molar-refractivity contribution in [1.29, 1.82) is 0 Å². The maximum Gasteiger partial charge on any atom is 0.258 e. The minimum absolute atomic E-state index is 0.00575. The molecule has 2 heterocycles. The number of amides is 4. The molecule has 0 spiro atoms. The lowest BCUT2D eigenvalue weighted by Gasteiger charge is -2.47. The highest BCUT2D eigenvalue weighted by atomic mass is 32.2. The number of nitrogens with one attached hydrogen (secondary N) is 1. The van der Waals surface area contributed by atoms with Gasteiger partial charge in [0.05, 0.1) is 40.6 Å². The Morgan fingerprint density at radius 1 is 0.767 bits per heavy atom. The number of carbonyl (C=O) groups is 4. The lowest BCUT2D eigenvalue weighted by atomic mass is 9.60. The lowest BCUT2D eigenvalue weighted by molar-refractivity contribution is -0.143. The predicted molar refractivity (Wildman–Crippen MR) is 235 cm³/mol. The topological polar surface area (TPSA) is 136 Å². The number of likely N-dealkylation sites (tertiary alicyclic amines) is 1. The fourth-order valence-corrected chi connectivity index (χ4v) is 14.5. The molecular weight excluding hydrogens is 777 g/mol. The zero-order valence-corrected chi connectivity index (χ0v) is 38.4. The van der Waals surface area contributed by atoms with Crippen LogP contribution in [-0.2, 0) is 38.5 Å². The van der Waals surface area contributed by atoms with Gasteiger partial charge in [-0.15, -0.1) is 0 Å². The molecule has 0 bridgehead atoms. The Morgan fingerprint density at radius 2 is 1.28 bits per heavy atom. The fraction of sp³-hybridized carbons (Fsp3) is 0.796. The van der Waals surface area contributed by atoms with Crippen LogP contribution < -0.4 is 5.32 Å². The molecule has 0 aromatic rings. The molecule has 7 aliphatic rings. The van der Waals surface area contributed by atoms with E-state index in [4.69, 9.17) is 9.47 Å². The summed E-state index contributed by atoms with van der Waals surface area (Å²) in [5.41, 5.74) is 0.481. The van der Waals surface area contributed by atoms with E-state index in [-0.39, 0.29) is 63.9 Å². The highest BCUT2D eigenvalue weighted by Gasteiger charge is 2.53. The number of hydrogen-bond acceptors (Lipinski definition) is 8. The highest BCUT2D eigenvalue weighted by Crippen LogP contribution is 2.50. The standard InChI is InChI=1S/C46H68N2O8S.C3H8/c1-6-34(25-30-26-42(49)47-43(30)50)55-35-15-9-31(10-16-35)46(4,5)32-11-17-36(18-12-32)56-37-19-24-40-41(27-37)45(52)48(44(40)51)33-13-22-39(23-14-33)57(53,54)38-20-7-29(8-21-38)28(2)3;1-3-2/h6,25-26,28-29,31-33,35-41H,1,7-24,27H2,2-5H3,(H,47,49,50);3H2,1-2H3/b34-25+;. The summed E-state index contributed by atoms with van der Waals surface area (Å²) in [6, 6.07) is -0.182. The van der Waals surface area contributed by atoms with Gasteiger partial charge in [-0.2, -0.15) is 0 Å². The SMILES string of the molecule is C=C/C(=C\C1=CC(=O)NC1=O)OC1CCC(C(C)(C)C2CCC(OC3CCC4C(=O)N(C5CCC(S(=O)(=O)C6CCC(C(C)C)CC6)CC5)C(=O)C4C3)CC2)CC1.CCC. The van der Waals surface area contributed by atoms with E-state index in [9.17, 15) is 27.6 Å². The van der Waals surface area contributed by atoms with E-state index >= 15 is 0 Å². The average molecular weight is 853 g/mol. The van der Waals surface area contributed by atoms with Crippen LogP contribution in [0.3, 0.4) is 0 Å². The molecule has 6 fully saturated rings. The van der Waals surface area contributed by atoms with Crippen molar-refractivity contribution in [2.24, 2.45) is 40.9 Å². The minimum Gasteiger partial charge on any atom is -0.490 e. The van der Waals surface area contributed by atoms with Gasteiger partial charge in [0, 0.05) is 17.7 Å². The van der Waals surface area contributed by atoms with Crippen molar-refractivity contribution in [1.82, 2.24) is 10.2 Å². The summed E-state index contributed by atoms with van der Waals surface area (Å²) >= 11 is 0. The normalized spacial score (nSPS) is 35.6. The summed E-state index contributed by atoms with van der Waals surface area (Å²) < 4.78 is 40.2. The maximum absolute atomic E-state index is 13.9. The third-order valence-corrected chi connectivity index (χ3v) is 18.7. The van der Waals surface area contributed by atoms with Crippen molar-refractivity contribution in [3.8, 4) is 0 Å². The summed E-state index contributed by atoms with van der Waals surface area (Å²) in [7, 11) is -3.21. The summed E-state index contributed by atoms with van der Waals surface area (Å²) in [5, 5.41) is 1.68. The number of ether oxygens (including phenoxy) is 2. The van der Waals surface area contributed by atoms with Crippen LogP contribution in [0.25, 0.3) is 0 Å². The van der Waals surface area contributed by atoms with Crippen molar-refractivity contribution >= 4 is 33.5 Å². The van der Waals surface area contributed by atoms with Crippen LogP contribution in [0.4, 0.5) is 0 Å². The van der Waals surface area contributed by atoms with Gasteiger partial charge in [0.15, 0.2) is 9.84 Å². The van der Waals surface area contributed by atoms with Crippen LogP contribution in [0.5, 0.6) is 0 Å². The molecule has 0 aromatic heterocycles. The van der Waals surface area contributed by atoms with Gasteiger partial charge >= 0.3 is 0 Å². The maximum atomic E-state index is 13.9. The van der Waals surface area contributed by atoms with Gasteiger partial charge in [-0.3, -0.25) is 29.4 Å². The van der Waals surface area contributed by atoms with Gasteiger partial charge in [0.1, 0.15) is 5.76 Å². The number of imide groups is 2. The molecule has 1 saturated heterocycles. The van der Waals surface area contributed by atoms with Crippen molar-refractivity contribution in [2.75, 3.05) is 0 Å². The van der Waals surface area contributed by atoms with E-state index in [1.165, 1.54) is 12.5 Å². The van der Waals surface area contributed by atoms with Gasteiger partial charge in [-0.1, -0.05) is 54.5 Å². The van der Waals surface area contributed by atoms with Crippen molar-refractivity contribution in [3.05, 3.63) is 36.1 Å². The van der Waals surface area contributed by atoms with Crippen LogP contribution in [-0.4, -0.2) is 71.8 Å². The van der Waals surface area contributed by atoms with E-state index in [2.05, 4.69) is 53.4 Å². The first kappa shape index (κ1) is 46.7. The molecule has 5 aliphatic carbocycles. The Balaban J connectivity index is 0.00000195. The van der Waals surface area contributed by atoms with Gasteiger partial charge < -0.3 is 9.47 Å². The molecule has 11 heteroatoms. The molecule has 5 saturated carbocycles. The molecule has 2 aliphatic heterocycles. The quantitative estimate of drug-likeness (QED) is 0.117. The molecule has 336 valence electrons. The third-order valence-electron chi connectivity index (χ3n) is 15.9. The van der Waals surface area contributed by atoms with Crippen LogP contribution in [0.2, 0.25) is 0 Å². The Kier molecular flexibility index (Phi) is 15.7. The van der Waals surface area contributed by atoms with Crippen molar-refractivity contribution in [3.63, 3.8) is 0 Å². The number of rotatable bonds is 12. The summed E-state index contributed by atoms with van der Waals surface area (Å²) in [6.45, 7) is 17.4. The zero-order valence-electron chi connectivity index (χ0n) is 37.6. The van der Waals surface area contributed by atoms with E-state index < -0.39 is 21.7 Å². The lowest BCUT2D eigenvalue weighted by Crippen LogP contribution is -2.45. The van der Waals surface area contributed by atoms with Crippen LogP contribution >= 0.6 is 0 Å². The van der Waals surface area contributed by atoms with Gasteiger partial charge in [0.2, 0.25) is 11.8 Å². The van der Waals surface area contributed by atoms with Gasteiger partial charge in [0.25, 0.3) is 11.8 Å². The molecule has 0 radical (unpaired) electrons. The summed E-state index contributed by atoms with van der Waals surface area (Å²) in [4.78, 5) is 52.6. The molecule has 3 atom stereocenters. The van der Waals surface area contributed by atoms with Crippen LogP contribution in [0.1, 0.15) is 170 Å². The van der Waals surface area contributed by atoms with Gasteiger partial charge in [-0.05, 0) is 163 Å². The van der Waals surface area contributed by atoms with Crippen molar-refractivity contribution < 1.29 is 37.1 Å². The smallest absolute Gasteiger partial charge is 0.258 e. The van der Waals surface area contributed by atoms with Crippen LogP contribution in [0.15, 0.2) is 36.1 Å². The molecule has 1 N–H and O–H groups in total. The Labute approximate surface area is 361 Å². The molecule has 7 rings (SSSR count). The monoisotopic (exact) mass is 853 g/mol. The molecule has 3 unspecified atom stereocenters. The molecule has 0 aromatic carbocycles. The fourth-order valence-electron chi connectivity index (χ4n) is 12.1. The molecule has 60 heavy (non-hydrogen) atoms. The van der Waals surface area contributed by atoms with E-state index in [1.54, 1.807) is 17.1 Å². The Morgan fingerprint density at radius 3 is 1.80 bits per heavy atom. The Bertz CT molecular complexity index is 1720. The largest absolute Gasteiger partial charge is 0.490 e. The Hall–Kier alpha value is -2.79. The number of fused-ring (bicyclic) bond motifs is 1. The molecular formula is C49H76N2O8S. The second-order valence-corrected chi connectivity index (χ2v) is 22.9. The van der Waals surface area contributed by atoms with E-state index in [0.29, 0.717) is 73.5 Å². The number of carbonyl (C=O) groups excluding carboxylic acids is 4. The first-order valence-corrected chi connectivity index (χ1v) is 25.5. The summed E-state index contributed by atoms with van der Waals surface area (Å²) in [6.07, 6.45) is 22.2. The summed E-state index contributed by atoms with van der Waals surface area (Å²) in [5.74, 6) is 1.46. The number of hydrogen-bond donors (Lipinski definition) is 1.